The number of anilines is 1. The minimum atomic E-state index is -4.78. The molecule has 0 unspecified atom stereocenters. The molecule has 0 saturated heterocycles. The summed E-state index contributed by atoms with van der Waals surface area (Å²) in [5.41, 5.74) is 4.93. The van der Waals surface area contributed by atoms with Gasteiger partial charge in [-0.25, -0.2) is 4.98 Å². The number of hydrogen-bond acceptors (Lipinski definition) is 3. The zero-order valence-corrected chi connectivity index (χ0v) is 6.86. The van der Waals surface area contributed by atoms with Crippen LogP contribution in [-0.4, -0.2) is 11.3 Å². The molecule has 13 heavy (non-hydrogen) atoms. The lowest BCUT2D eigenvalue weighted by Crippen LogP contribution is -2.18. The molecular formula is C6H4ClF3N2O. The van der Waals surface area contributed by atoms with Crippen LogP contribution in [0.2, 0.25) is 5.15 Å². The maximum Gasteiger partial charge on any atom is 0.573 e. The number of alkyl halides is 3. The van der Waals surface area contributed by atoms with Gasteiger partial charge >= 0.3 is 6.36 Å². The summed E-state index contributed by atoms with van der Waals surface area (Å²) in [6, 6.07) is 0.893. The zero-order chi connectivity index (χ0) is 10.1. The van der Waals surface area contributed by atoms with Gasteiger partial charge in [-0.05, 0) is 0 Å². The minimum Gasteiger partial charge on any atom is -0.403 e. The highest BCUT2D eigenvalue weighted by Crippen LogP contribution is 2.29. The van der Waals surface area contributed by atoms with Crippen molar-refractivity contribution in [2.75, 3.05) is 5.73 Å². The highest BCUT2D eigenvalue weighted by molar-refractivity contribution is 6.29. The Balaban J connectivity index is 2.94. The van der Waals surface area contributed by atoms with E-state index < -0.39 is 12.1 Å². The van der Waals surface area contributed by atoms with Crippen LogP contribution in [-0.2, 0) is 0 Å². The average molecular weight is 213 g/mol. The van der Waals surface area contributed by atoms with E-state index in [1.165, 1.54) is 0 Å². The van der Waals surface area contributed by atoms with Gasteiger partial charge in [0.2, 0.25) is 0 Å². The fraction of sp³-hybridized carbons (Fsp3) is 0.167. The van der Waals surface area contributed by atoms with Gasteiger partial charge in [0.15, 0.2) is 5.75 Å². The molecule has 1 aromatic rings. The predicted octanol–water partition coefficient (Wildman–Crippen LogP) is 2.22. The molecule has 0 radical (unpaired) electrons. The van der Waals surface area contributed by atoms with Crippen LogP contribution in [0.1, 0.15) is 0 Å². The second-order valence-corrected chi connectivity index (χ2v) is 2.48. The topological polar surface area (TPSA) is 48.1 Å². The zero-order valence-electron chi connectivity index (χ0n) is 6.10. The van der Waals surface area contributed by atoms with Gasteiger partial charge in [0.25, 0.3) is 0 Å². The first-order valence-corrected chi connectivity index (χ1v) is 3.43. The molecule has 0 atom stereocenters. The smallest absolute Gasteiger partial charge is 0.403 e. The summed E-state index contributed by atoms with van der Waals surface area (Å²) >= 11 is 5.33. The van der Waals surface area contributed by atoms with E-state index in [1.54, 1.807) is 0 Å². The number of ether oxygens (including phenoxy) is 1. The fourth-order valence-electron chi connectivity index (χ4n) is 0.637. The van der Waals surface area contributed by atoms with Crippen molar-refractivity contribution in [2.24, 2.45) is 0 Å². The Morgan fingerprint density at radius 2 is 2.08 bits per heavy atom. The Hall–Kier alpha value is -1.17. The normalized spacial score (nSPS) is 11.4. The second-order valence-electron chi connectivity index (χ2n) is 2.09. The van der Waals surface area contributed by atoms with E-state index >= 15 is 0 Å². The molecule has 0 spiro atoms. The van der Waals surface area contributed by atoms with E-state index in [-0.39, 0.29) is 10.8 Å². The Morgan fingerprint density at radius 1 is 1.46 bits per heavy atom. The molecular weight excluding hydrogens is 209 g/mol. The van der Waals surface area contributed by atoms with Crippen molar-refractivity contribution in [2.45, 2.75) is 6.36 Å². The van der Waals surface area contributed by atoms with Gasteiger partial charge in [-0.3, -0.25) is 0 Å². The standard InChI is InChI=1S/C6H4ClF3N2O/c7-5-1-4(3(11)2-12-5)13-6(8,9)10/h1-2H,11H2. The van der Waals surface area contributed by atoms with Crippen LogP contribution >= 0.6 is 11.6 Å². The lowest BCUT2D eigenvalue weighted by Gasteiger charge is -2.10. The third kappa shape index (κ3) is 2.98. The first kappa shape index (κ1) is 9.91. The van der Waals surface area contributed by atoms with Gasteiger partial charge in [0.05, 0.1) is 11.9 Å². The molecule has 0 bridgehead atoms. The maximum atomic E-state index is 11.7. The summed E-state index contributed by atoms with van der Waals surface area (Å²) in [7, 11) is 0. The molecule has 1 heterocycles. The van der Waals surface area contributed by atoms with Crippen molar-refractivity contribution in [1.82, 2.24) is 4.98 Å². The molecule has 1 aromatic heterocycles. The van der Waals surface area contributed by atoms with Gasteiger partial charge in [-0.1, -0.05) is 11.6 Å². The van der Waals surface area contributed by atoms with Gasteiger partial charge in [0.1, 0.15) is 5.15 Å². The van der Waals surface area contributed by atoms with E-state index in [9.17, 15) is 13.2 Å². The van der Waals surface area contributed by atoms with Gasteiger partial charge in [-0.2, -0.15) is 0 Å². The van der Waals surface area contributed by atoms with Crippen molar-refractivity contribution < 1.29 is 17.9 Å². The highest BCUT2D eigenvalue weighted by atomic mass is 35.5. The van der Waals surface area contributed by atoms with Crippen molar-refractivity contribution in [1.29, 1.82) is 0 Å². The molecule has 0 aliphatic rings. The van der Waals surface area contributed by atoms with Crippen LogP contribution < -0.4 is 10.5 Å². The molecule has 7 heteroatoms. The Kier molecular flexibility index (Phi) is 2.51. The van der Waals surface area contributed by atoms with Crippen LogP contribution in [0.5, 0.6) is 5.75 Å². The van der Waals surface area contributed by atoms with Crippen LogP contribution in [0, 0.1) is 0 Å². The van der Waals surface area contributed by atoms with Crippen LogP contribution in [0.25, 0.3) is 0 Å². The summed E-state index contributed by atoms with van der Waals surface area (Å²) < 4.78 is 38.7. The average Bonchev–Trinajstić information content (AvgIpc) is 1.94. The molecule has 2 N–H and O–H groups in total. The first-order chi connectivity index (χ1) is 5.88. The Labute approximate surface area is 76.3 Å². The lowest BCUT2D eigenvalue weighted by molar-refractivity contribution is -0.274. The number of halogens is 4. The predicted molar refractivity (Wildman–Crippen MR) is 40.3 cm³/mol. The second kappa shape index (κ2) is 3.29. The summed E-state index contributed by atoms with van der Waals surface area (Å²) in [6.07, 6.45) is -3.79. The first-order valence-electron chi connectivity index (χ1n) is 3.05. The van der Waals surface area contributed by atoms with Crippen molar-refractivity contribution in [3.63, 3.8) is 0 Å². The van der Waals surface area contributed by atoms with Gasteiger partial charge in [0, 0.05) is 6.07 Å². The van der Waals surface area contributed by atoms with Crippen molar-refractivity contribution in [3.8, 4) is 5.75 Å². The molecule has 0 aromatic carbocycles. The third-order valence-electron chi connectivity index (χ3n) is 1.09. The van der Waals surface area contributed by atoms with Crippen molar-refractivity contribution in [3.05, 3.63) is 17.4 Å². The Morgan fingerprint density at radius 3 is 2.62 bits per heavy atom. The molecule has 1 rings (SSSR count). The molecule has 3 nitrogen and oxygen atoms in total. The van der Waals surface area contributed by atoms with Gasteiger partial charge in [-0.15, -0.1) is 13.2 Å². The number of rotatable bonds is 1. The maximum absolute atomic E-state index is 11.7. The molecule has 0 aliphatic carbocycles. The number of nitrogens with two attached hydrogens (primary N) is 1. The molecule has 0 saturated carbocycles. The lowest BCUT2D eigenvalue weighted by atomic mass is 10.4. The number of hydrogen-bond donors (Lipinski definition) is 1. The summed E-state index contributed by atoms with van der Waals surface area (Å²) in [6.45, 7) is 0. The molecule has 72 valence electrons. The summed E-state index contributed by atoms with van der Waals surface area (Å²) in [5, 5.41) is -0.117. The third-order valence-corrected chi connectivity index (χ3v) is 1.29. The largest absolute Gasteiger partial charge is 0.573 e. The number of pyridine rings is 1. The van der Waals surface area contributed by atoms with E-state index in [2.05, 4.69) is 9.72 Å². The molecule has 0 aliphatic heterocycles. The van der Waals surface area contributed by atoms with Crippen LogP contribution in [0.4, 0.5) is 18.9 Å². The molecule has 0 fully saturated rings. The number of nitrogen functional groups attached to an aromatic ring is 1. The van der Waals surface area contributed by atoms with E-state index in [1.807, 2.05) is 0 Å². The summed E-state index contributed by atoms with van der Waals surface area (Å²) in [4.78, 5) is 3.46. The fourth-order valence-corrected chi connectivity index (χ4v) is 0.785. The minimum absolute atomic E-state index is 0.117. The van der Waals surface area contributed by atoms with Crippen LogP contribution in [0.3, 0.4) is 0 Å². The SMILES string of the molecule is Nc1cnc(Cl)cc1OC(F)(F)F. The quantitative estimate of drug-likeness (QED) is 0.726. The van der Waals surface area contributed by atoms with E-state index in [4.69, 9.17) is 17.3 Å². The number of aromatic nitrogens is 1. The summed E-state index contributed by atoms with van der Waals surface area (Å²) in [5.74, 6) is -0.549. The van der Waals surface area contributed by atoms with Crippen molar-refractivity contribution >= 4 is 17.3 Å². The highest BCUT2D eigenvalue weighted by Gasteiger charge is 2.32. The van der Waals surface area contributed by atoms with E-state index in [0.717, 1.165) is 12.3 Å². The molecule has 0 amide bonds. The Bertz CT molecular complexity index is 315. The van der Waals surface area contributed by atoms with Crippen LogP contribution in [0.15, 0.2) is 12.3 Å². The van der Waals surface area contributed by atoms with Gasteiger partial charge < -0.3 is 10.5 Å². The van der Waals surface area contributed by atoms with E-state index in [0.29, 0.717) is 0 Å². The number of nitrogens with zero attached hydrogens (tertiary/aromatic N) is 1. The monoisotopic (exact) mass is 212 g/mol.